The second-order valence-corrected chi connectivity index (χ2v) is 5.87. The van der Waals surface area contributed by atoms with Crippen LogP contribution in [-0.4, -0.2) is 21.2 Å². The van der Waals surface area contributed by atoms with Gasteiger partial charge in [0.1, 0.15) is 5.82 Å². The number of fused-ring (bicyclic) bond motifs is 1. The van der Waals surface area contributed by atoms with Crippen molar-refractivity contribution < 1.29 is 14.3 Å². The first-order valence-electron chi connectivity index (χ1n) is 7.12. The molecule has 2 aromatic carbocycles. The SMILES string of the molecule is CC(C)(O)c1cc2n[nH]cc2cc1NC(=O)c1cccc(F)c1. The lowest BCUT2D eigenvalue weighted by Crippen LogP contribution is -2.21. The lowest BCUT2D eigenvalue weighted by Gasteiger charge is -2.22. The number of H-pyrrole nitrogens is 1. The summed E-state index contributed by atoms with van der Waals surface area (Å²) in [5.41, 5.74) is 0.713. The van der Waals surface area contributed by atoms with Crippen molar-refractivity contribution in [1.82, 2.24) is 10.2 Å². The number of hydrogen-bond acceptors (Lipinski definition) is 3. The van der Waals surface area contributed by atoms with E-state index in [2.05, 4.69) is 15.5 Å². The topological polar surface area (TPSA) is 78.0 Å². The van der Waals surface area contributed by atoms with Gasteiger partial charge < -0.3 is 10.4 Å². The summed E-state index contributed by atoms with van der Waals surface area (Å²) in [7, 11) is 0. The average Bonchev–Trinajstić information content (AvgIpc) is 2.92. The molecule has 0 spiro atoms. The fourth-order valence-electron chi connectivity index (χ4n) is 2.42. The molecule has 0 aliphatic carbocycles. The number of rotatable bonds is 3. The zero-order chi connectivity index (χ0) is 16.6. The molecule has 118 valence electrons. The number of carbonyl (C=O) groups excluding carboxylic acids is 1. The van der Waals surface area contributed by atoms with E-state index in [1.54, 1.807) is 32.2 Å². The number of aromatic nitrogens is 2. The third-order valence-corrected chi connectivity index (χ3v) is 3.57. The molecular formula is C17H16FN3O2. The lowest BCUT2D eigenvalue weighted by molar-refractivity contribution is 0.0794. The second kappa shape index (κ2) is 5.48. The maximum absolute atomic E-state index is 13.3. The fourth-order valence-corrected chi connectivity index (χ4v) is 2.42. The normalized spacial score (nSPS) is 11.7. The first-order valence-corrected chi connectivity index (χ1v) is 7.12. The molecule has 0 aliphatic rings. The third-order valence-electron chi connectivity index (χ3n) is 3.57. The number of benzene rings is 2. The fraction of sp³-hybridized carbons (Fsp3) is 0.176. The van der Waals surface area contributed by atoms with E-state index in [0.29, 0.717) is 16.8 Å². The van der Waals surface area contributed by atoms with Gasteiger partial charge in [-0.25, -0.2) is 4.39 Å². The number of aliphatic hydroxyl groups is 1. The Morgan fingerprint density at radius 3 is 2.78 bits per heavy atom. The Bertz CT molecular complexity index is 881. The van der Waals surface area contributed by atoms with Crippen LogP contribution in [0.25, 0.3) is 10.9 Å². The van der Waals surface area contributed by atoms with Crippen LogP contribution in [0.15, 0.2) is 42.6 Å². The molecule has 1 amide bonds. The molecule has 0 aliphatic heterocycles. The molecule has 0 atom stereocenters. The van der Waals surface area contributed by atoms with Gasteiger partial charge in [0.2, 0.25) is 0 Å². The Kier molecular flexibility index (Phi) is 3.61. The minimum atomic E-state index is -1.17. The van der Waals surface area contributed by atoms with E-state index in [1.165, 1.54) is 18.2 Å². The Labute approximate surface area is 132 Å². The highest BCUT2D eigenvalue weighted by atomic mass is 19.1. The van der Waals surface area contributed by atoms with Gasteiger partial charge >= 0.3 is 0 Å². The number of aromatic amines is 1. The quantitative estimate of drug-likeness (QED) is 0.695. The summed E-state index contributed by atoms with van der Waals surface area (Å²) in [6.45, 7) is 3.25. The summed E-state index contributed by atoms with van der Waals surface area (Å²) >= 11 is 0. The van der Waals surface area contributed by atoms with Gasteiger partial charge in [0, 0.05) is 28.4 Å². The Hall–Kier alpha value is -2.73. The monoisotopic (exact) mass is 313 g/mol. The van der Waals surface area contributed by atoms with Crippen LogP contribution in [0.5, 0.6) is 0 Å². The molecular weight excluding hydrogens is 297 g/mol. The van der Waals surface area contributed by atoms with Crippen molar-refractivity contribution in [2.24, 2.45) is 0 Å². The Balaban J connectivity index is 2.02. The lowest BCUT2D eigenvalue weighted by atomic mass is 9.95. The van der Waals surface area contributed by atoms with Crippen LogP contribution in [0.3, 0.4) is 0 Å². The van der Waals surface area contributed by atoms with Gasteiger partial charge in [-0.2, -0.15) is 5.10 Å². The van der Waals surface area contributed by atoms with Gasteiger partial charge in [-0.15, -0.1) is 0 Å². The zero-order valence-corrected chi connectivity index (χ0v) is 12.7. The number of nitrogens with one attached hydrogen (secondary N) is 2. The first-order chi connectivity index (χ1) is 10.8. The number of halogens is 1. The van der Waals surface area contributed by atoms with Crippen molar-refractivity contribution in [3.63, 3.8) is 0 Å². The second-order valence-electron chi connectivity index (χ2n) is 5.87. The van der Waals surface area contributed by atoms with Crippen molar-refractivity contribution >= 4 is 22.5 Å². The molecule has 0 saturated carbocycles. The summed E-state index contributed by atoms with van der Waals surface area (Å²) in [4.78, 5) is 12.3. The first kappa shape index (κ1) is 15.2. The van der Waals surface area contributed by atoms with E-state index in [-0.39, 0.29) is 5.56 Å². The predicted octanol–water partition coefficient (Wildman–Crippen LogP) is 3.18. The standard InChI is InChI=1S/C17H16FN3O2/c1-17(2,23)13-8-14-11(9-19-21-14)7-15(13)20-16(22)10-4-3-5-12(18)6-10/h3-9,23H,1-2H3,(H,19,21)(H,20,22). The molecule has 0 bridgehead atoms. The molecule has 23 heavy (non-hydrogen) atoms. The minimum absolute atomic E-state index is 0.207. The van der Waals surface area contributed by atoms with Crippen LogP contribution >= 0.6 is 0 Å². The van der Waals surface area contributed by atoms with Crippen molar-refractivity contribution in [1.29, 1.82) is 0 Å². The third kappa shape index (κ3) is 3.07. The zero-order valence-electron chi connectivity index (χ0n) is 12.7. The number of amides is 1. The molecule has 1 heterocycles. The smallest absolute Gasteiger partial charge is 0.255 e. The van der Waals surface area contributed by atoms with E-state index in [1.807, 2.05) is 0 Å². The average molecular weight is 313 g/mol. The van der Waals surface area contributed by atoms with Gasteiger partial charge in [0.05, 0.1) is 11.1 Å². The highest BCUT2D eigenvalue weighted by Gasteiger charge is 2.23. The number of carbonyl (C=O) groups is 1. The molecule has 6 heteroatoms. The minimum Gasteiger partial charge on any atom is -0.386 e. The van der Waals surface area contributed by atoms with Gasteiger partial charge in [0.25, 0.3) is 5.91 Å². The van der Waals surface area contributed by atoms with Crippen LogP contribution in [-0.2, 0) is 5.60 Å². The van der Waals surface area contributed by atoms with Gasteiger partial charge in [-0.05, 0) is 44.2 Å². The molecule has 1 aromatic heterocycles. The summed E-state index contributed by atoms with van der Waals surface area (Å²) in [5, 5.41) is 20.7. The van der Waals surface area contributed by atoms with E-state index < -0.39 is 17.3 Å². The highest BCUT2D eigenvalue weighted by molar-refractivity contribution is 6.05. The van der Waals surface area contributed by atoms with Crippen LogP contribution in [0.4, 0.5) is 10.1 Å². The Morgan fingerprint density at radius 1 is 1.30 bits per heavy atom. The maximum Gasteiger partial charge on any atom is 0.255 e. The summed E-state index contributed by atoms with van der Waals surface area (Å²) < 4.78 is 13.3. The van der Waals surface area contributed by atoms with Crippen LogP contribution in [0, 0.1) is 5.82 Å². The molecule has 5 nitrogen and oxygen atoms in total. The Morgan fingerprint density at radius 2 is 2.09 bits per heavy atom. The number of hydrogen-bond donors (Lipinski definition) is 3. The van der Waals surface area contributed by atoms with Gasteiger partial charge in [0.15, 0.2) is 0 Å². The highest BCUT2D eigenvalue weighted by Crippen LogP contribution is 2.31. The molecule has 0 saturated heterocycles. The summed E-state index contributed by atoms with van der Waals surface area (Å²) in [5.74, 6) is -0.927. The van der Waals surface area contributed by atoms with Gasteiger partial charge in [-0.3, -0.25) is 9.89 Å². The van der Waals surface area contributed by atoms with Crippen molar-refractivity contribution in [3.05, 3.63) is 59.5 Å². The molecule has 3 rings (SSSR count). The van der Waals surface area contributed by atoms with Crippen molar-refractivity contribution in [2.45, 2.75) is 19.4 Å². The number of anilines is 1. The van der Waals surface area contributed by atoms with E-state index in [9.17, 15) is 14.3 Å². The van der Waals surface area contributed by atoms with Gasteiger partial charge in [-0.1, -0.05) is 6.07 Å². The predicted molar refractivity (Wildman–Crippen MR) is 85.7 cm³/mol. The molecule has 3 aromatic rings. The van der Waals surface area contributed by atoms with Crippen LogP contribution < -0.4 is 5.32 Å². The van der Waals surface area contributed by atoms with Crippen molar-refractivity contribution in [3.8, 4) is 0 Å². The summed E-state index contributed by atoms with van der Waals surface area (Å²) in [6, 6.07) is 8.88. The molecule has 0 fully saturated rings. The van der Waals surface area contributed by atoms with Crippen LogP contribution in [0.1, 0.15) is 29.8 Å². The molecule has 3 N–H and O–H groups in total. The van der Waals surface area contributed by atoms with E-state index in [4.69, 9.17) is 0 Å². The van der Waals surface area contributed by atoms with E-state index in [0.717, 1.165) is 11.5 Å². The van der Waals surface area contributed by atoms with Crippen molar-refractivity contribution in [2.75, 3.05) is 5.32 Å². The largest absolute Gasteiger partial charge is 0.386 e. The molecule has 0 radical (unpaired) electrons. The maximum atomic E-state index is 13.3. The molecule has 0 unspecified atom stereocenters. The van der Waals surface area contributed by atoms with E-state index >= 15 is 0 Å². The summed E-state index contributed by atoms with van der Waals surface area (Å²) in [6.07, 6.45) is 1.70. The van der Waals surface area contributed by atoms with Crippen LogP contribution in [0.2, 0.25) is 0 Å². The number of nitrogens with zero attached hydrogens (tertiary/aromatic N) is 1.